The highest BCUT2D eigenvalue weighted by Gasteiger charge is 1.99. The number of carbonyl (C=O) groups excluding carboxylic acids is 1. The van der Waals surface area contributed by atoms with E-state index in [1.54, 1.807) is 0 Å². The van der Waals surface area contributed by atoms with Crippen LogP contribution in [0, 0.1) is 0 Å². The summed E-state index contributed by atoms with van der Waals surface area (Å²) in [7, 11) is 3.82. The van der Waals surface area contributed by atoms with Crippen LogP contribution in [0.15, 0.2) is 5.11 Å². The summed E-state index contributed by atoms with van der Waals surface area (Å²) < 4.78 is 0. The first-order valence-corrected chi connectivity index (χ1v) is 4.09. The molecule has 0 saturated carbocycles. The molecular weight excluding hydrogens is 170 g/mol. The smallest absolute Gasteiger partial charge is 0.221 e. The Hall–Kier alpha value is -1.26. The van der Waals surface area contributed by atoms with E-state index < -0.39 is 0 Å². The van der Waals surface area contributed by atoms with Crippen LogP contribution in [0.25, 0.3) is 10.4 Å². The van der Waals surface area contributed by atoms with Gasteiger partial charge in [-0.15, -0.1) is 0 Å². The zero-order valence-electron chi connectivity index (χ0n) is 8.03. The number of hydrogen-bond acceptors (Lipinski definition) is 3. The topological polar surface area (TPSA) is 81.1 Å². The number of carbonyl (C=O) groups is 1. The third-order valence-electron chi connectivity index (χ3n) is 1.38. The van der Waals surface area contributed by atoms with Crippen LogP contribution in [0.4, 0.5) is 0 Å². The van der Waals surface area contributed by atoms with Gasteiger partial charge in [0.25, 0.3) is 0 Å². The molecule has 0 unspecified atom stereocenters. The molecule has 6 heteroatoms. The molecule has 0 aromatic heterocycles. The first kappa shape index (κ1) is 11.7. The highest BCUT2D eigenvalue weighted by atomic mass is 16.1. The third-order valence-corrected chi connectivity index (χ3v) is 1.38. The predicted molar refractivity (Wildman–Crippen MR) is 50.2 cm³/mol. The molecule has 0 atom stereocenters. The Kier molecular flexibility index (Phi) is 6.68. The van der Waals surface area contributed by atoms with Crippen molar-refractivity contribution in [2.24, 2.45) is 5.11 Å². The van der Waals surface area contributed by atoms with Gasteiger partial charge in [0.2, 0.25) is 5.91 Å². The van der Waals surface area contributed by atoms with Crippen LogP contribution >= 0.6 is 0 Å². The second-order valence-electron chi connectivity index (χ2n) is 2.86. The van der Waals surface area contributed by atoms with E-state index in [1.165, 1.54) is 0 Å². The van der Waals surface area contributed by atoms with Crippen molar-refractivity contribution in [3.05, 3.63) is 10.4 Å². The number of nitrogens with zero attached hydrogens (tertiary/aromatic N) is 4. The average Bonchev–Trinajstić information content (AvgIpc) is 2.09. The second kappa shape index (κ2) is 7.39. The van der Waals surface area contributed by atoms with Gasteiger partial charge in [-0.2, -0.15) is 0 Å². The maximum absolute atomic E-state index is 11.0. The summed E-state index contributed by atoms with van der Waals surface area (Å²) in [6.07, 6.45) is 0.475. The molecule has 6 nitrogen and oxygen atoms in total. The van der Waals surface area contributed by atoms with Crippen LogP contribution in [0.1, 0.15) is 6.42 Å². The molecule has 0 saturated heterocycles. The Labute approximate surface area is 77.5 Å². The summed E-state index contributed by atoms with van der Waals surface area (Å²) in [5, 5.41) is 5.94. The first-order chi connectivity index (χ1) is 6.16. The first-order valence-electron chi connectivity index (χ1n) is 4.09. The Bertz CT molecular complexity index is 197. The third kappa shape index (κ3) is 8.65. The van der Waals surface area contributed by atoms with Gasteiger partial charge >= 0.3 is 0 Å². The van der Waals surface area contributed by atoms with E-state index in [-0.39, 0.29) is 5.91 Å². The molecule has 0 aliphatic rings. The maximum Gasteiger partial charge on any atom is 0.221 e. The van der Waals surface area contributed by atoms with Crippen molar-refractivity contribution in [2.45, 2.75) is 6.42 Å². The fraction of sp³-hybridized carbons (Fsp3) is 0.857. The van der Waals surface area contributed by atoms with Crippen LogP contribution in [-0.2, 0) is 4.79 Å². The zero-order valence-corrected chi connectivity index (χ0v) is 8.03. The van der Waals surface area contributed by atoms with Gasteiger partial charge in [-0.3, -0.25) is 4.79 Å². The van der Waals surface area contributed by atoms with E-state index in [0.29, 0.717) is 19.5 Å². The molecule has 0 radical (unpaired) electrons. The lowest BCUT2D eigenvalue weighted by atomic mass is 10.4. The molecule has 0 aromatic rings. The average molecular weight is 185 g/mol. The molecule has 1 amide bonds. The number of hydrogen-bond donors (Lipinski definition) is 1. The standard InChI is InChI=1S/C7H15N5O/c1-12(2)6-3-7(13)9-4-5-10-11-8/h3-6H2,1-2H3,(H,9,13). The summed E-state index contributed by atoms with van der Waals surface area (Å²) >= 11 is 0. The van der Waals surface area contributed by atoms with Gasteiger partial charge in [0, 0.05) is 31.0 Å². The van der Waals surface area contributed by atoms with Crippen molar-refractivity contribution in [1.29, 1.82) is 0 Å². The molecule has 0 aliphatic heterocycles. The fourth-order valence-corrected chi connectivity index (χ4v) is 0.704. The van der Waals surface area contributed by atoms with Crippen LogP contribution in [0.2, 0.25) is 0 Å². The van der Waals surface area contributed by atoms with Crippen molar-refractivity contribution in [1.82, 2.24) is 10.2 Å². The molecule has 0 fully saturated rings. The molecule has 0 rings (SSSR count). The quantitative estimate of drug-likeness (QED) is 0.280. The predicted octanol–water partition coefficient (Wildman–Crippen LogP) is 0.365. The molecule has 0 aromatic carbocycles. The van der Waals surface area contributed by atoms with Crippen LogP contribution < -0.4 is 5.32 Å². The largest absolute Gasteiger partial charge is 0.356 e. The van der Waals surface area contributed by atoms with Gasteiger partial charge in [0.15, 0.2) is 0 Å². The molecule has 0 heterocycles. The molecular formula is C7H15N5O. The van der Waals surface area contributed by atoms with Crippen LogP contribution in [0.5, 0.6) is 0 Å². The Morgan fingerprint density at radius 2 is 2.31 bits per heavy atom. The van der Waals surface area contributed by atoms with E-state index in [2.05, 4.69) is 15.3 Å². The normalized spacial score (nSPS) is 9.46. The molecule has 0 aliphatic carbocycles. The lowest BCUT2D eigenvalue weighted by Gasteiger charge is -2.08. The number of amides is 1. The fourth-order valence-electron chi connectivity index (χ4n) is 0.704. The van der Waals surface area contributed by atoms with Crippen molar-refractivity contribution in [3.8, 4) is 0 Å². The Balaban J connectivity index is 3.35. The Morgan fingerprint density at radius 1 is 1.62 bits per heavy atom. The lowest BCUT2D eigenvalue weighted by molar-refractivity contribution is -0.121. The Morgan fingerprint density at radius 3 is 2.85 bits per heavy atom. The molecule has 0 bridgehead atoms. The van der Waals surface area contributed by atoms with E-state index in [9.17, 15) is 4.79 Å². The monoisotopic (exact) mass is 185 g/mol. The maximum atomic E-state index is 11.0. The van der Waals surface area contributed by atoms with E-state index in [4.69, 9.17) is 5.53 Å². The minimum absolute atomic E-state index is 0.0122. The van der Waals surface area contributed by atoms with Crippen molar-refractivity contribution >= 4 is 5.91 Å². The number of azide groups is 1. The zero-order chi connectivity index (χ0) is 10.1. The SMILES string of the molecule is CN(C)CCC(=O)NCCN=[N+]=[N-]. The summed E-state index contributed by atoms with van der Waals surface area (Å²) in [6, 6.07) is 0. The van der Waals surface area contributed by atoms with E-state index >= 15 is 0 Å². The van der Waals surface area contributed by atoms with Crippen LogP contribution in [0.3, 0.4) is 0 Å². The van der Waals surface area contributed by atoms with E-state index in [1.807, 2.05) is 19.0 Å². The molecule has 0 spiro atoms. The summed E-state index contributed by atoms with van der Waals surface area (Å²) in [6.45, 7) is 1.45. The minimum atomic E-state index is -0.0122. The van der Waals surface area contributed by atoms with Crippen molar-refractivity contribution < 1.29 is 4.79 Å². The number of nitrogens with one attached hydrogen (secondary N) is 1. The van der Waals surface area contributed by atoms with Gasteiger partial charge in [-0.1, -0.05) is 5.11 Å². The highest BCUT2D eigenvalue weighted by molar-refractivity contribution is 5.76. The van der Waals surface area contributed by atoms with Crippen molar-refractivity contribution in [2.75, 3.05) is 33.7 Å². The minimum Gasteiger partial charge on any atom is -0.356 e. The van der Waals surface area contributed by atoms with Gasteiger partial charge in [-0.05, 0) is 19.6 Å². The van der Waals surface area contributed by atoms with Gasteiger partial charge in [0.05, 0.1) is 0 Å². The summed E-state index contributed by atoms with van der Waals surface area (Å²) in [5.41, 5.74) is 7.95. The molecule has 74 valence electrons. The molecule has 13 heavy (non-hydrogen) atoms. The lowest BCUT2D eigenvalue weighted by Crippen LogP contribution is -2.29. The van der Waals surface area contributed by atoms with Crippen molar-refractivity contribution in [3.63, 3.8) is 0 Å². The summed E-state index contributed by atoms with van der Waals surface area (Å²) in [5.74, 6) is -0.0122. The van der Waals surface area contributed by atoms with Gasteiger partial charge in [-0.25, -0.2) is 0 Å². The molecule has 1 N–H and O–H groups in total. The van der Waals surface area contributed by atoms with Gasteiger partial charge < -0.3 is 10.2 Å². The van der Waals surface area contributed by atoms with Crippen LogP contribution in [-0.4, -0.2) is 44.5 Å². The highest BCUT2D eigenvalue weighted by Crippen LogP contribution is 1.82. The second-order valence-corrected chi connectivity index (χ2v) is 2.86. The van der Waals surface area contributed by atoms with E-state index in [0.717, 1.165) is 6.54 Å². The summed E-state index contributed by atoms with van der Waals surface area (Å²) in [4.78, 5) is 15.5. The number of rotatable bonds is 6. The van der Waals surface area contributed by atoms with Gasteiger partial charge in [0.1, 0.15) is 0 Å².